The Hall–Kier alpha value is -2.43. The van der Waals surface area contributed by atoms with Gasteiger partial charge in [-0.15, -0.1) is 0 Å². The lowest BCUT2D eigenvalue weighted by atomic mass is 9.86. The summed E-state index contributed by atoms with van der Waals surface area (Å²) in [6, 6.07) is 10.7. The first-order chi connectivity index (χ1) is 20.7. The molecular formula is C33H46BrF3N4O2. The standard InChI is InChI=1S/C28H33F3N4O2.C3H7Br.C2H6/c29-28(30,31)22-6-4-5-21(16-22)26(37)33-27-32-24-15-20(17-34-13-2-1-3-14-34)9-12-25(24)35(27)23-10-7-19(18-36)8-11-23;1-2-3-4;1-2/h4-6,9,12,15-16,19,23,36H,1-3,7-8,10-11,13-14,17-18H2,(H,32,33,37);2-3H2,1H3;1-2H3. The van der Waals surface area contributed by atoms with Crippen molar-refractivity contribution >= 4 is 38.8 Å². The molecule has 1 amide bonds. The summed E-state index contributed by atoms with van der Waals surface area (Å²) in [5.74, 6) is -0.00875. The van der Waals surface area contributed by atoms with Crippen molar-refractivity contribution in [2.24, 2.45) is 5.92 Å². The zero-order valence-corrected chi connectivity index (χ0v) is 27.2. The van der Waals surface area contributed by atoms with Crippen LogP contribution >= 0.6 is 15.9 Å². The minimum Gasteiger partial charge on any atom is -0.396 e. The van der Waals surface area contributed by atoms with Crippen molar-refractivity contribution in [2.45, 2.75) is 90.9 Å². The van der Waals surface area contributed by atoms with Crippen LogP contribution in [-0.4, -0.2) is 50.5 Å². The highest BCUT2D eigenvalue weighted by molar-refractivity contribution is 9.09. The summed E-state index contributed by atoms with van der Waals surface area (Å²) < 4.78 is 41.6. The van der Waals surface area contributed by atoms with E-state index in [1.165, 1.54) is 37.8 Å². The number of alkyl halides is 4. The first-order valence-corrected chi connectivity index (χ1v) is 16.7. The van der Waals surface area contributed by atoms with E-state index < -0.39 is 17.6 Å². The van der Waals surface area contributed by atoms with Gasteiger partial charge in [0.15, 0.2) is 0 Å². The van der Waals surface area contributed by atoms with Gasteiger partial charge < -0.3 is 9.67 Å². The van der Waals surface area contributed by atoms with Crippen molar-refractivity contribution in [1.82, 2.24) is 14.5 Å². The van der Waals surface area contributed by atoms with Crippen molar-refractivity contribution in [3.05, 3.63) is 59.2 Å². The number of amides is 1. The van der Waals surface area contributed by atoms with E-state index in [4.69, 9.17) is 4.98 Å². The lowest BCUT2D eigenvalue weighted by Gasteiger charge is -2.30. The van der Waals surface area contributed by atoms with Crippen LogP contribution in [0.25, 0.3) is 11.0 Å². The molecule has 2 aromatic carbocycles. The molecule has 1 saturated carbocycles. The molecule has 5 rings (SSSR count). The Kier molecular flexibility index (Phi) is 14.0. The Morgan fingerprint density at radius 1 is 1.05 bits per heavy atom. The Morgan fingerprint density at radius 3 is 2.33 bits per heavy atom. The van der Waals surface area contributed by atoms with Gasteiger partial charge in [0.2, 0.25) is 5.95 Å². The van der Waals surface area contributed by atoms with Crippen LogP contribution in [-0.2, 0) is 12.7 Å². The van der Waals surface area contributed by atoms with Gasteiger partial charge in [0.25, 0.3) is 5.91 Å². The molecule has 2 heterocycles. The van der Waals surface area contributed by atoms with Crippen molar-refractivity contribution in [1.29, 1.82) is 0 Å². The summed E-state index contributed by atoms with van der Waals surface area (Å²) in [5, 5.41) is 13.5. The molecule has 1 aliphatic carbocycles. The molecule has 2 fully saturated rings. The number of carbonyl (C=O) groups is 1. The van der Waals surface area contributed by atoms with Crippen molar-refractivity contribution < 1.29 is 23.1 Å². The zero-order chi connectivity index (χ0) is 31.4. The summed E-state index contributed by atoms with van der Waals surface area (Å²) in [5.41, 5.74) is 1.88. The monoisotopic (exact) mass is 666 g/mol. The van der Waals surface area contributed by atoms with Gasteiger partial charge in [0, 0.05) is 30.1 Å². The number of nitrogens with zero attached hydrogens (tertiary/aromatic N) is 3. The van der Waals surface area contributed by atoms with Gasteiger partial charge in [-0.25, -0.2) is 4.98 Å². The molecular weight excluding hydrogens is 621 g/mol. The number of nitrogens with one attached hydrogen (secondary N) is 1. The Labute approximate surface area is 262 Å². The highest BCUT2D eigenvalue weighted by Crippen LogP contribution is 2.37. The van der Waals surface area contributed by atoms with Gasteiger partial charge in [0.05, 0.1) is 16.6 Å². The molecule has 0 unspecified atom stereocenters. The van der Waals surface area contributed by atoms with Crippen molar-refractivity contribution in [2.75, 3.05) is 30.3 Å². The minimum absolute atomic E-state index is 0.0665. The number of hydrogen-bond donors (Lipinski definition) is 2. The zero-order valence-electron chi connectivity index (χ0n) is 25.6. The summed E-state index contributed by atoms with van der Waals surface area (Å²) >= 11 is 3.25. The van der Waals surface area contributed by atoms with E-state index >= 15 is 0 Å². The number of rotatable bonds is 7. The third kappa shape index (κ3) is 9.78. The largest absolute Gasteiger partial charge is 0.416 e. The summed E-state index contributed by atoms with van der Waals surface area (Å²) in [6.45, 7) is 9.30. The van der Waals surface area contributed by atoms with Crippen LogP contribution in [0.5, 0.6) is 0 Å². The normalized spacial score (nSPS) is 19.2. The summed E-state index contributed by atoms with van der Waals surface area (Å²) in [4.78, 5) is 20.3. The quantitative estimate of drug-likeness (QED) is 0.247. The molecule has 1 aromatic heterocycles. The van der Waals surface area contributed by atoms with E-state index in [9.17, 15) is 23.1 Å². The van der Waals surface area contributed by atoms with Gasteiger partial charge in [-0.2, -0.15) is 13.2 Å². The predicted molar refractivity (Wildman–Crippen MR) is 172 cm³/mol. The molecule has 1 saturated heterocycles. The second-order valence-corrected chi connectivity index (χ2v) is 11.8. The van der Waals surface area contributed by atoms with Crippen LogP contribution in [0.1, 0.15) is 99.7 Å². The summed E-state index contributed by atoms with van der Waals surface area (Å²) in [7, 11) is 0. The maximum absolute atomic E-state index is 13.2. The van der Waals surface area contributed by atoms with Gasteiger partial charge in [-0.3, -0.25) is 15.0 Å². The van der Waals surface area contributed by atoms with Crippen LogP contribution < -0.4 is 5.32 Å². The number of anilines is 1. The first kappa shape index (κ1) is 35.1. The van der Waals surface area contributed by atoms with E-state index in [1.807, 2.05) is 24.5 Å². The van der Waals surface area contributed by atoms with Crippen molar-refractivity contribution in [3.63, 3.8) is 0 Å². The second-order valence-electron chi connectivity index (χ2n) is 11.0. The number of aliphatic hydroxyl groups excluding tert-OH is 1. The van der Waals surface area contributed by atoms with Crippen LogP contribution in [0.15, 0.2) is 42.5 Å². The number of aliphatic hydroxyl groups is 1. The average Bonchev–Trinajstić information content (AvgIpc) is 3.39. The number of likely N-dealkylation sites (tertiary alicyclic amines) is 1. The SMILES string of the molecule is CC.CCCBr.O=C(Nc1nc2cc(CN3CCCCC3)ccc2n1C1CCC(CO)CC1)c1cccc(C(F)(F)F)c1. The first-order valence-electron chi connectivity index (χ1n) is 15.6. The van der Waals surface area contributed by atoms with Gasteiger partial charge in [-0.1, -0.05) is 55.3 Å². The van der Waals surface area contributed by atoms with E-state index in [0.29, 0.717) is 5.95 Å². The van der Waals surface area contributed by atoms with E-state index in [0.717, 1.165) is 79.4 Å². The molecule has 10 heteroatoms. The Bertz CT molecular complexity index is 1280. The topological polar surface area (TPSA) is 70.4 Å². The lowest BCUT2D eigenvalue weighted by Crippen LogP contribution is -2.29. The molecule has 3 aromatic rings. The molecule has 0 bridgehead atoms. The molecule has 0 atom stereocenters. The number of imidazole rings is 1. The number of hydrogen-bond acceptors (Lipinski definition) is 4. The highest BCUT2D eigenvalue weighted by Gasteiger charge is 2.31. The van der Waals surface area contributed by atoms with E-state index in [2.05, 4.69) is 45.2 Å². The fourth-order valence-electron chi connectivity index (χ4n) is 5.67. The molecule has 0 spiro atoms. The maximum atomic E-state index is 13.2. The predicted octanol–water partition coefficient (Wildman–Crippen LogP) is 8.83. The molecule has 6 nitrogen and oxygen atoms in total. The van der Waals surface area contributed by atoms with Crippen LogP contribution in [0.2, 0.25) is 0 Å². The Morgan fingerprint density at radius 2 is 1.72 bits per heavy atom. The van der Waals surface area contributed by atoms with Crippen LogP contribution in [0.4, 0.5) is 19.1 Å². The van der Waals surface area contributed by atoms with Gasteiger partial charge in [0.1, 0.15) is 0 Å². The van der Waals surface area contributed by atoms with E-state index in [-0.39, 0.29) is 24.1 Å². The number of benzene rings is 2. The average molecular weight is 668 g/mol. The number of aromatic nitrogens is 2. The highest BCUT2D eigenvalue weighted by atomic mass is 79.9. The fraction of sp³-hybridized carbons (Fsp3) is 0.576. The van der Waals surface area contributed by atoms with Crippen LogP contribution in [0.3, 0.4) is 0 Å². The molecule has 238 valence electrons. The lowest BCUT2D eigenvalue weighted by molar-refractivity contribution is -0.137. The molecule has 43 heavy (non-hydrogen) atoms. The summed E-state index contributed by atoms with van der Waals surface area (Å²) in [6.07, 6.45) is 3.80. The molecule has 0 radical (unpaired) electrons. The third-order valence-corrected chi connectivity index (χ3v) is 8.71. The molecule has 2 aliphatic rings. The smallest absolute Gasteiger partial charge is 0.396 e. The number of piperidine rings is 1. The van der Waals surface area contributed by atoms with Crippen LogP contribution in [0, 0.1) is 5.92 Å². The molecule has 2 N–H and O–H groups in total. The maximum Gasteiger partial charge on any atom is 0.416 e. The third-order valence-electron chi connectivity index (χ3n) is 7.91. The molecule has 1 aliphatic heterocycles. The van der Waals surface area contributed by atoms with Gasteiger partial charge in [-0.05, 0) is 99.8 Å². The van der Waals surface area contributed by atoms with Gasteiger partial charge >= 0.3 is 6.18 Å². The number of halogens is 4. The fourth-order valence-corrected chi connectivity index (χ4v) is 5.67. The number of fused-ring (bicyclic) bond motifs is 1. The van der Waals surface area contributed by atoms with Crippen molar-refractivity contribution in [3.8, 4) is 0 Å². The Balaban J connectivity index is 0.000000780. The van der Waals surface area contributed by atoms with E-state index in [1.54, 1.807) is 0 Å². The second kappa shape index (κ2) is 17.2. The minimum atomic E-state index is -4.53. The number of carbonyl (C=O) groups excluding carboxylic acids is 1.